The molecule has 0 amide bonds. The lowest BCUT2D eigenvalue weighted by Crippen LogP contribution is -1.99. The molecule has 13 rings (SSSR count). The SMILES string of the molecule is c1ccc2nc(-c3ccc(-c4ccc5c(c4)c4cc(-c6ccc(-c7ccc8ccccc8n7)cn6)c6ccccc6c4n5-c4ccc(-c5nccc6ccccc56)cn4)nc3)ccc2c1. The summed E-state index contributed by atoms with van der Waals surface area (Å²) in [5.41, 5.74) is 13.5. The summed E-state index contributed by atoms with van der Waals surface area (Å²) < 4.78 is 2.30. The second kappa shape index (κ2) is 14.9. The van der Waals surface area contributed by atoms with Crippen molar-refractivity contribution in [3.05, 3.63) is 213 Å². The lowest BCUT2D eigenvalue weighted by molar-refractivity contribution is 1.08. The maximum atomic E-state index is 5.17. The van der Waals surface area contributed by atoms with E-state index in [1.807, 2.05) is 67.3 Å². The monoisotopic (exact) mass is 829 g/mol. The number of hydrogen-bond donors (Lipinski definition) is 0. The first-order valence-electron chi connectivity index (χ1n) is 21.7. The van der Waals surface area contributed by atoms with Gasteiger partial charge in [0.15, 0.2) is 0 Å². The van der Waals surface area contributed by atoms with E-state index in [1.54, 1.807) is 0 Å². The van der Waals surface area contributed by atoms with Crippen molar-refractivity contribution < 1.29 is 0 Å². The number of pyridine rings is 6. The van der Waals surface area contributed by atoms with Gasteiger partial charge in [0.25, 0.3) is 0 Å². The van der Waals surface area contributed by atoms with E-state index in [2.05, 4.69) is 150 Å². The molecule has 13 aromatic rings. The molecule has 7 heterocycles. The van der Waals surface area contributed by atoms with Crippen LogP contribution in [0.3, 0.4) is 0 Å². The molecule has 0 N–H and O–H groups in total. The molecule has 0 aliphatic carbocycles. The molecule has 7 heteroatoms. The molecule has 0 fully saturated rings. The van der Waals surface area contributed by atoms with Crippen LogP contribution in [0.25, 0.3) is 127 Å². The van der Waals surface area contributed by atoms with Gasteiger partial charge in [0.1, 0.15) is 5.82 Å². The Bertz CT molecular complexity index is 3980. The van der Waals surface area contributed by atoms with Crippen LogP contribution >= 0.6 is 0 Å². The second-order valence-electron chi connectivity index (χ2n) is 16.4. The van der Waals surface area contributed by atoms with Crippen LogP contribution in [0.1, 0.15) is 0 Å². The highest BCUT2D eigenvalue weighted by atomic mass is 15.1. The summed E-state index contributed by atoms with van der Waals surface area (Å²) in [6, 6.07) is 65.3. The quantitative estimate of drug-likeness (QED) is 0.166. The van der Waals surface area contributed by atoms with Gasteiger partial charge in [-0.3, -0.25) is 19.5 Å². The van der Waals surface area contributed by atoms with Crippen molar-refractivity contribution in [2.24, 2.45) is 0 Å². The summed E-state index contributed by atoms with van der Waals surface area (Å²) in [6.07, 6.45) is 7.67. The number of rotatable bonds is 6. The van der Waals surface area contributed by atoms with Crippen molar-refractivity contribution in [2.75, 3.05) is 0 Å². The normalized spacial score (nSPS) is 11.7. The van der Waals surface area contributed by atoms with Crippen LogP contribution in [0.4, 0.5) is 0 Å². The molecule has 0 aliphatic heterocycles. The summed E-state index contributed by atoms with van der Waals surface area (Å²) in [7, 11) is 0. The highest BCUT2D eigenvalue weighted by molar-refractivity contribution is 6.22. The molecule has 0 unspecified atom stereocenters. The fourth-order valence-corrected chi connectivity index (χ4v) is 9.37. The van der Waals surface area contributed by atoms with E-state index in [0.29, 0.717) is 0 Å². The van der Waals surface area contributed by atoms with E-state index in [-0.39, 0.29) is 0 Å². The molecule has 0 atom stereocenters. The van der Waals surface area contributed by atoms with Crippen molar-refractivity contribution in [3.8, 4) is 62.1 Å². The van der Waals surface area contributed by atoms with Gasteiger partial charge >= 0.3 is 0 Å². The first-order chi connectivity index (χ1) is 32.2. The van der Waals surface area contributed by atoms with Gasteiger partial charge in [-0.1, -0.05) is 103 Å². The zero-order valence-electron chi connectivity index (χ0n) is 34.8. The lowest BCUT2D eigenvalue weighted by atomic mass is 9.97. The van der Waals surface area contributed by atoms with Gasteiger partial charge in [-0.15, -0.1) is 0 Å². The summed E-state index contributed by atoms with van der Waals surface area (Å²) in [5.74, 6) is 0.815. The van der Waals surface area contributed by atoms with Gasteiger partial charge in [0, 0.05) is 84.9 Å². The summed E-state index contributed by atoms with van der Waals surface area (Å²) in [6.45, 7) is 0. The van der Waals surface area contributed by atoms with Gasteiger partial charge in [0.05, 0.1) is 50.5 Å². The topological polar surface area (TPSA) is 82.3 Å². The molecular formula is C58H35N7. The third kappa shape index (κ3) is 6.20. The van der Waals surface area contributed by atoms with Crippen molar-refractivity contribution in [3.63, 3.8) is 0 Å². The first kappa shape index (κ1) is 36.7. The molecule has 6 aromatic carbocycles. The van der Waals surface area contributed by atoms with E-state index in [9.17, 15) is 0 Å². The van der Waals surface area contributed by atoms with E-state index >= 15 is 0 Å². The molecule has 65 heavy (non-hydrogen) atoms. The number of fused-ring (bicyclic) bond motifs is 8. The molecule has 0 aliphatic rings. The third-order valence-corrected chi connectivity index (χ3v) is 12.6. The number of aromatic nitrogens is 7. The molecule has 0 saturated carbocycles. The van der Waals surface area contributed by atoms with Crippen LogP contribution in [-0.4, -0.2) is 34.5 Å². The highest BCUT2D eigenvalue weighted by Crippen LogP contribution is 2.42. The minimum absolute atomic E-state index is 0.815. The number of hydrogen-bond acceptors (Lipinski definition) is 6. The van der Waals surface area contributed by atoms with E-state index < -0.39 is 0 Å². The Morgan fingerprint density at radius 2 is 0.923 bits per heavy atom. The molecule has 7 nitrogen and oxygen atoms in total. The lowest BCUT2D eigenvalue weighted by Gasteiger charge is -2.13. The Kier molecular flexibility index (Phi) is 8.39. The minimum Gasteiger partial charge on any atom is -0.293 e. The van der Waals surface area contributed by atoms with E-state index in [4.69, 9.17) is 29.9 Å². The van der Waals surface area contributed by atoms with Crippen LogP contribution in [0, 0.1) is 0 Å². The fraction of sp³-hybridized carbons (Fsp3) is 0. The Balaban J connectivity index is 0.973. The predicted octanol–water partition coefficient (Wildman–Crippen LogP) is 14.1. The summed E-state index contributed by atoms with van der Waals surface area (Å²) >= 11 is 0. The van der Waals surface area contributed by atoms with Crippen LogP contribution < -0.4 is 0 Å². The molecule has 302 valence electrons. The van der Waals surface area contributed by atoms with Crippen LogP contribution in [0.15, 0.2) is 213 Å². The van der Waals surface area contributed by atoms with Crippen LogP contribution in [0.5, 0.6) is 0 Å². The van der Waals surface area contributed by atoms with Crippen LogP contribution in [0.2, 0.25) is 0 Å². The predicted molar refractivity (Wildman–Crippen MR) is 265 cm³/mol. The molecule has 0 bridgehead atoms. The van der Waals surface area contributed by atoms with Gasteiger partial charge in [-0.2, -0.15) is 0 Å². The maximum Gasteiger partial charge on any atom is 0.137 e. The average Bonchev–Trinajstić information content (AvgIpc) is 3.72. The second-order valence-corrected chi connectivity index (χ2v) is 16.4. The van der Waals surface area contributed by atoms with Gasteiger partial charge in [-0.25, -0.2) is 15.0 Å². The summed E-state index contributed by atoms with van der Waals surface area (Å²) in [4.78, 5) is 29.9. The Morgan fingerprint density at radius 3 is 1.60 bits per heavy atom. The van der Waals surface area contributed by atoms with E-state index in [1.165, 1.54) is 0 Å². The number of nitrogens with zero attached hydrogens (tertiary/aromatic N) is 7. The largest absolute Gasteiger partial charge is 0.293 e. The highest BCUT2D eigenvalue weighted by Gasteiger charge is 2.21. The molecule has 0 saturated heterocycles. The van der Waals surface area contributed by atoms with E-state index in [0.717, 1.165) is 127 Å². The van der Waals surface area contributed by atoms with Crippen LogP contribution in [-0.2, 0) is 0 Å². The minimum atomic E-state index is 0.815. The van der Waals surface area contributed by atoms with Crippen molar-refractivity contribution in [2.45, 2.75) is 0 Å². The molecule has 0 spiro atoms. The van der Waals surface area contributed by atoms with Crippen molar-refractivity contribution >= 4 is 65.2 Å². The average molecular weight is 830 g/mol. The molecule has 7 aromatic heterocycles. The van der Waals surface area contributed by atoms with Crippen molar-refractivity contribution in [1.29, 1.82) is 0 Å². The number of benzene rings is 6. The zero-order valence-corrected chi connectivity index (χ0v) is 34.8. The van der Waals surface area contributed by atoms with Gasteiger partial charge < -0.3 is 0 Å². The smallest absolute Gasteiger partial charge is 0.137 e. The Labute approximate surface area is 373 Å². The summed E-state index contributed by atoms with van der Waals surface area (Å²) in [5, 5.41) is 8.85. The first-order valence-corrected chi connectivity index (χ1v) is 21.7. The Morgan fingerprint density at radius 1 is 0.338 bits per heavy atom. The molecule has 0 radical (unpaired) electrons. The maximum absolute atomic E-state index is 5.17. The number of para-hydroxylation sites is 2. The molecular weight excluding hydrogens is 795 g/mol. The van der Waals surface area contributed by atoms with Gasteiger partial charge in [-0.05, 0) is 95.7 Å². The third-order valence-electron chi connectivity index (χ3n) is 12.6. The van der Waals surface area contributed by atoms with Gasteiger partial charge in [0.2, 0.25) is 0 Å². The standard InChI is InChI=1S/C58H35N7/c1-4-12-43-36(9-1)29-30-59-57(43)42-22-28-56(62-35-42)65-55-27-21-39(49-23-19-40(33-60-49)52-24-17-37-10-2-7-15-50(37)63-52)31-47(55)48-32-46(44-13-5-6-14-45(44)58(48)65)54-26-20-41(34-61-54)53-25-18-38-11-3-8-16-51(38)64-53/h1-35H. The van der Waals surface area contributed by atoms with Crippen molar-refractivity contribution in [1.82, 2.24) is 34.5 Å². The zero-order chi connectivity index (χ0) is 42.8. The Hall–Kier alpha value is -8.94. The fourth-order valence-electron chi connectivity index (χ4n) is 9.37.